The fourth-order valence-corrected chi connectivity index (χ4v) is 4.12. The minimum absolute atomic E-state index is 0.0445. The van der Waals surface area contributed by atoms with Gasteiger partial charge in [0.1, 0.15) is 9.84 Å². The Hall–Kier alpha value is -1.45. The van der Waals surface area contributed by atoms with Gasteiger partial charge in [-0.25, -0.2) is 21.6 Å². The molecule has 7 nitrogen and oxygen atoms in total. The Morgan fingerprint density at radius 3 is 2.14 bits per heavy atom. The van der Waals surface area contributed by atoms with Gasteiger partial charge < -0.3 is 5.11 Å². The maximum absolute atomic E-state index is 12.0. The van der Waals surface area contributed by atoms with Crippen LogP contribution in [0.1, 0.15) is 12.5 Å². The highest BCUT2D eigenvalue weighted by Gasteiger charge is 2.20. The maximum Gasteiger partial charge on any atom is 0.307 e. The summed E-state index contributed by atoms with van der Waals surface area (Å²) in [6.07, 6.45) is 0.830. The van der Waals surface area contributed by atoms with Gasteiger partial charge in [0.05, 0.1) is 17.1 Å². The molecule has 0 aliphatic carbocycles. The van der Waals surface area contributed by atoms with Crippen molar-refractivity contribution in [3.8, 4) is 0 Å². The van der Waals surface area contributed by atoms with Crippen LogP contribution in [-0.4, -0.2) is 46.0 Å². The second kappa shape index (κ2) is 6.54. The molecule has 118 valence electrons. The maximum atomic E-state index is 12.0. The van der Waals surface area contributed by atoms with E-state index < -0.39 is 31.9 Å². The molecule has 0 radical (unpaired) electrons. The summed E-state index contributed by atoms with van der Waals surface area (Å²) < 4.78 is 48.6. The fraction of sp³-hybridized carbons (Fsp3) is 0.417. The number of sulfone groups is 1. The molecule has 0 saturated carbocycles. The quantitative estimate of drug-likeness (QED) is 0.725. The molecule has 0 fully saturated rings. The van der Waals surface area contributed by atoms with E-state index >= 15 is 0 Å². The highest BCUT2D eigenvalue weighted by Crippen LogP contribution is 2.12. The van der Waals surface area contributed by atoms with Crippen molar-refractivity contribution in [3.63, 3.8) is 0 Å². The molecule has 1 rings (SSSR count). The Morgan fingerprint density at radius 1 is 1.19 bits per heavy atom. The van der Waals surface area contributed by atoms with Crippen LogP contribution in [0.4, 0.5) is 0 Å². The molecule has 0 aromatic heterocycles. The molecule has 0 bridgehead atoms. The van der Waals surface area contributed by atoms with Gasteiger partial charge in [-0.1, -0.05) is 12.1 Å². The standard InChI is InChI=1S/C12H17NO6S2/c1-9(8-20(2,16)17)13-21(18,19)11-5-3-10(4-6-11)7-12(14)15/h3-6,9,13H,7-8H2,1-2H3,(H,14,15). The molecule has 1 aromatic carbocycles. The molecule has 1 unspecified atom stereocenters. The van der Waals surface area contributed by atoms with Crippen molar-refractivity contribution in [1.29, 1.82) is 0 Å². The molecule has 21 heavy (non-hydrogen) atoms. The van der Waals surface area contributed by atoms with Gasteiger partial charge in [0.15, 0.2) is 0 Å². The number of hydrogen-bond acceptors (Lipinski definition) is 5. The Morgan fingerprint density at radius 2 is 1.71 bits per heavy atom. The van der Waals surface area contributed by atoms with Crippen LogP contribution in [0, 0.1) is 0 Å². The number of carboxylic acid groups (broad SMARTS) is 1. The molecular weight excluding hydrogens is 318 g/mol. The van der Waals surface area contributed by atoms with Gasteiger partial charge >= 0.3 is 5.97 Å². The van der Waals surface area contributed by atoms with Crippen LogP contribution in [0.3, 0.4) is 0 Å². The SMILES string of the molecule is CC(CS(C)(=O)=O)NS(=O)(=O)c1ccc(CC(=O)O)cc1. The minimum Gasteiger partial charge on any atom is -0.481 e. The normalized spacial score (nSPS) is 13.8. The molecule has 0 amide bonds. The van der Waals surface area contributed by atoms with E-state index in [-0.39, 0.29) is 17.1 Å². The molecule has 0 aliphatic rings. The molecule has 0 spiro atoms. The number of hydrogen-bond donors (Lipinski definition) is 2. The lowest BCUT2D eigenvalue weighted by atomic mass is 10.2. The van der Waals surface area contributed by atoms with Crippen molar-refractivity contribution in [2.24, 2.45) is 0 Å². The summed E-state index contributed by atoms with van der Waals surface area (Å²) in [5, 5.41) is 8.64. The van der Waals surface area contributed by atoms with Gasteiger partial charge in [-0.15, -0.1) is 0 Å². The first-order chi connectivity index (χ1) is 9.49. The number of nitrogens with one attached hydrogen (secondary N) is 1. The summed E-state index contributed by atoms with van der Waals surface area (Å²) in [5.74, 6) is -1.31. The van der Waals surface area contributed by atoms with Gasteiger partial charge in [0, 0.05) is 12.3 Å². The first-order valence-electron chi connectivity index (χ1n) is 6.00. The van der Waals surface area contributed by atoms with Crippen molar-refractivity contribution in [3.05, 3.63) is 29.8 Å². The van der Waals surface area contributed by atoms with E-state index in [2.05, 4.69) is 4.72 Å². The Kier molecular flexibility index (Phi) is 5.48. The zero-order valence-electron chi connectivity index (χ0n) is 11.6. The van der Waals surface area contributed by atoms with Crippen molar-refractivity contribution >= 4 is 25.8 Å². The van der Waals surface area contributed by atoms with E-state index in [1.807, 2.05) is 0 Å². The Balaban J connectivity index is 2.85. The fourth-order valence-electron chi connectivity index (χ4n) is 1.78. The van der Waals surface area contributed by atoms with Crippen molar-refractivity contribution in [2.45, 2.75) is 24.3 Å². The number of sulfonamides is 1. The lowest BCUT2D eigenvalue weighted by Gasteiger charge is -2.13. The zero-order valence-corrected chi connectivity index (χ0v) is 13.2. The number of aliphatic carboxylic acids is 1. The van der Waals surface area contributed by atoms with Crippen LogP contribution < -0.4 is 4.72 Å². The summed E-state index contributed by atoms with van der Waals surface area (Å²) in [6, 6.07) is 4.62. The predicted octanol–water partition coefficient (Wildman–Crippen LogP) is 0.0251. The van der Waals surface area contributed by atoms with E-state index in [0.29, 0.717) is 5.56 Å². The first kappa shape index (κ1) is 17.6. The van der Waals surface area contributed by atoms with Crippen molar-refractivity contribution in [1.82, 2.24) is 4.72 Å². The average Bonchev–Trinajstić information content (AvgIpc) is 2.24. The van der Waals surface area contributed by atoms with E-state index in [1.165, 1.54) is 31.2 Å². The summed E-state index contributed by atoms with van der Waals surface area (Å²) in [6.45, 7) is 1.46. The summed E-state index contributed by atoms with van der Waals surface area (Å²) in [5.41, 5.74) is 0.477. The van der Waals surface area contributed by atoms with Crippen LogP contribution in [0.2, 0.25) is 0 Å². The molecule has 2 N–H and O–H groups in total. The predicted molar refractivity (Wildman–Crippen MR) is 77.3 cm³/mol. The number of benzene rings is 1. The number of rotatable bonds is 7. The second-order valence-corrected chi connectivity index (χ2v) is 8.73. The topological polar surface area (TPSA) is 118 Å². The third-order valence-electron chi connectivity index (χ3n) is 2.50. The minimum atomic E-state index is -3.84. The smallest absolute Gasteiger partial charge is 0.307 e. The van der Waals surface area contributed by atoms with Crippen molar-refractivity contribution in [2.75, 3.05) is 12.0 Å². The lowest BCUT2D eigenvalue weighted by Crippen LogP contribution is -2.37. The third kappa shape index (κ3) is 6.23. The molecule has 0 aliphatic heterocycles. The summed E-state index contributed by atoms with van der Waals surface area (Å²) in [7, 11) is -7.13. The molecule has 1 atom stereocenters. The van der Waals surface area contributed by atoms with Gasteiger partial charge in [-0.05, 0) is 24.6 Å². The Labute approximate surface area is 124 Å². The van der Waals surface area contributed by atoms with E-state index in [0.717, 1.165) is 6.26 Å². The van der Waals surface area contributed by atoms with Gasteiger partial charge in [0.25, 0.3) is 0 Å². The molecule has 1 aromatic rings. The highest BCUT2D eigenvalue weighted by atomic mass is 32.2. The van der Waals surface area contributed by atoms with Crippen LogP contribution in [0.5, 0.6) is 0 Å². The molecule has 0 saturated heterocycles. The van der Waals surface area contributed by atoms with Gasteiger partial charge in [0.2, 0.25) is 10.0 Å². The van der Waals surface area contributed by atoms with E-state index in [4.69, 9.17) is 5.11 Å². The monoisotopic (exact) mass is 335 g/mol. The van der Waals surface area contributed by atoms with Gasteiger partial charge in [-0.2, -0.15) is 0 Å². The van der Waals surface area contributed by atoms with E-state index in [9.17, 15) is 21.6 Å². The lowest BCUT2D eigenvalue weighted by molar-refractivity contribution is -0.136. The number of carbonyl (C=O) groups is 1. The summed E-state index contributed by atoms with van der Waals surface area (Å²) >= 11 is 0. The van der Waals surface area contributed by atoms with Crippen molar-refractivity contribution < 1.29 is 26.7 Å². The third-order valence-corrected chi connectivity index (χ3v) is 5.21. The second-order valence-electron chi connectivity index (χ2n) is 4.83. The van der Waals surface area contributed by atoms with Gasteiger partial charge in [-0.3, -0.25) is 4.79 Å². The molecular formula is C12H17NO6S2. The average molecular weight is 335 g/mol. The van der Waals surface area contributed by atoms with Crippen LogP contribution in [0.25, 0.3) is 0 Å². The molecule has 9 heteroatoms. The summed E-state index contributed by atoms with van der Waals surface area (Å²) in [4.78, 5) is 10.5. The first-order valence-corrected chi connectivity index (χ1v) is 9.55. The Bertz CT molecular complexity index is 707. The number of carboxylic acids is 1. The van der Waals surface area contributed by atoms with Crippen LogP contribution in [0.15, 0.2) is 29.2 Å². The zero-order chi connectivity index (χ0) is 16.3. The highest BCUT2D eigenvalue weighted by molar-refractivity contribution is 7.91. The van der Waals surface area contributed by atoms with Crippen LogP contribution >= 0.6 is 0 Å². The largest absolute Gasteiger partial charge is 0.481 e. The molecule has 0 heterocycles. The van der Waals surface area contributed by atoms with E-state index in [1.54, 1.807) is 0 Å². The van der Waals surface area contributed by atoms with Crippen LogP contribution in [-0.2, 0) is 31.1 Å².